The minimum atomic E-state index is 0.0838. The molecule has 1 aliphatic heterocycles. The molecular formula is C25H35N3O3. The molecule has 0 spiro atoms. The zero-order valence-corrected chi connectivity index (χ0v) is 19.2. The highest BCUT2D eigenvalue weighted by Gasteiger charge is 2.19. The number of hydrogen-bond acceptors (Lipinski definition) is 5. The molecular weight excluding hydrogens is 390 g/mol. The Labute approximate surface area is 186 Å². The molecule has 3 rings (SSSR count). The quantitative estimate of drug-likeness (QED) is 0.625. The third kappa shape index (κ3) is 6.62. The van der Waals surface area contributed by atoms with Crippen LogP contribution in [-0.2, 0) is 4.79 Å². The fourth-order valence-electron chi connectivity index (χ4n) is 3.85. The number of aryl methyl sites for hydroxylation is 2. The average Bonchev–Trinajstić information content (AvgIpc) is 2.77. The van der Waals surface area contributed by atoms with Crippen LogP contribution in [-0.4, -0.2) is 63.8 Å². The minimum absolute atomic E-state index is 0.0838. The number of anilines is 1. The lowest BCUT2D eigenvalue weighted by Crippen LogP contribution is -2.49. The minimum Gasteiger partial charge on any atom is -0.497 e. The first-order valence-electron chi connectivity index (χ1n) is 11.0. The van der Waals surface area contributed by atoms with Crippen molar-refractivity contribution >= 4 is 11.6 Å². The summed E-state index contributed by atoms with van der Waals surface area (Å²) in [4.78, 5) is 16.8. The molecule has 1 heterocycles. The normalized spacial score (nSPS) is 14.4. The van der Waals surface area contributed by atoms with E-state index in [1.807, 2.05) is 12.1 Å². The summed E-state index contributed by atoms with van der Waals surface area (Å²) in [5, 5.41) is 3.02. The van der Waals surface area contributed by atoms with Gasteiger partial charge in [-0.25, -0.2) is 0 Å². The standard InChI is InChI=1S/C25H35N3O3/c1-19-16-20(2)21(3)24(17-19)31-15-5-10-26-25(29)18-27-11-13-28(14-12-27)22-6-8-23(30-4)9-7-22/h6-9,16-17H,5,10-15,18H2,1-4H3,(H,26,29). The number of hydrogen-bond donors (Lipinski definition) is 1. The molecule has 1 amide bonds. The molecule has 1 saturated heterocycles. The van der Waals surface area contributed by atoms with Gasteiger partial charge in [0.05, 0.1) is 20.3 Å². The summed E-state index contributed by atoms with van der Waals surface area (Å²) in [7, 11) is 1.68. The van der Waals surface area contributed by atoms with E-state index in [0.717, 1.165) is 44.1 Å². The molecule has 6 heteroatoms. The van der Waals surface area contributed by atoms with Crippen molar-refractivity contribution in [1.29, 1.82) is 0 Å². The molecule has 6 nitrogen and oxygen atoms in total. The topological polar surface area (TPSA) is 54.0 Å². The van der Waals surface area contributed by atoms with Crippen LogP contribution in [0.3, 0.4) is 0 Å². The third-order valence-electron chi connectivity index (χ3n) is 5.84. The molecule has 0 aromatic heterocycles. The van der Waals surface area contributed by atoms with Crippen molar-refractivity contribution < 1.29 is 14.3 Å². The van der Waals surface area contributed by atoms with Gasteiger partial charge in [0.25, 0.3) is 0 Å². The van der Waals surface area contributed by atoms with Crippen LogP contribution in [0.25, 0.3) is 0 Å². The van der Waals surface area contributed by atoms with Crippen LogP contribution >= 0.6 is 0 Å². The Bertz CT molecular complexity index is 859. The molecule has 0 saturated carbocycles. The van der Waals surface area contributed by atoms with Crippen molar-refractivity contribution in [2.45, 2.75) is 27.2 Å². The van der Waals surface area contributed by atoms with Crippen LogP contribution in [0.4, 0.5) is 5.69 Å². The van der Waals surface area contributed by atoms with Crippen LogP contribution in [0.5, 0.6) is 11.5 Å². The molecule has 168 valence electrons. The van der Waals surface area contributed by atoms with Crippen molar-refractivity contribution in [3.05, 3.63) is 53.1 Å². The zero-order valence-electron chi connectivity index (χ0n) is 19.2. The second kappa shape index (κ2) is 11.0. The SMILES string of the molecule is COc1ccc(N2CCN(CC(=O)NCCCOc3cc(C)cc(C)c3C)CC2)cc1. The summed E-state index contributed by atoms with van der Waals surface area (Å²) in [5.41, 5.74) is 4.83. The Balaban J connectivity index is 1.32. The highest BCUT2D eigenvalue weighted by molar-refractivity contribution is 5.78. The van der Waals surface area contributed by atoms with Gasteiger partial charge >= 0.3 is 0 Å². The summed E-state index contributed by atoms with van der Waals surface area (Å²) in [6, 6.07) is 12.4. The highest BCUT2D eigenvalue weighted by atomic mass is 16.5. The van der Waals surface area contributed by atoms with E-state index < -0.39 is 0 Å². The zero-order chi connectivity index (χ0) is 22.2. The number of carbonyl (C=O) groups is 1. The monoisotopic (exact) mass is 425 g/mol. The molecule has 0 aliphatic carbocycles. The second-order valence-corrected chi connectivity index (χ2v) is 8.22. The van der Waals surface area contributed by atoms with Crippen molar-refractivity contribution in [2.24, 2.45) is 0 Å². The molecule has 2 aromatic rings. The Morgan fingerprint density at radius 2 is 1.74 bits per heavy atom. The number of rotatable bonds is 9. The Hall–Kier alpha value is -2.73. The van der Waals surface area contributed by atoms with Gasteiger partial charge in [0.2, 0.25) is 5.91 Å². The number of piperazine rings is 1. The predicted molar refractivity (Wildman–Crippen MR) is 125 cm³/mol. The van der Waals surface area contributed by atoms with Gasteiger partial charge in [-0.2, -0.15) is 0 Å². The van der Waals surface area contributed by atoms with Crippen LogP contribution in [0, 0.1) is 20.8 Å². The van der Waals surface area contributed by atoms with Crippen LogP contribution in [0.2, 0.25) is 0 Å². The number of nitrogens with zero attached hydrogens (tertiary/aromatic N) is 2. The van der Waals surface area contributed by atoms with Crippen LogP contribution in [0.1, 0.15) is 23.1 Å². The summed E-state index contributed by atoms with van der Waals surface area (Å²) in [6.45, 7) is 11.6. The van der Waals surface area contributed by atoms with Gasteiger partial charge in [-0.15, -0.1) is 0 Å². The lowest BCUT2D eigenvalue weighted by Gasteiger charge is -2.35. The van der Waals surface area contributed by atoms with Gasteiger partial charge in [-0.05, 0) is 74.2 Å². The number of ether oxygens (including phenoxy) is 2. The van der Waals surface area contributed by atoms with Crippen LogP contribution < -0.4 is 19.7 Å². The fraction of sp³-hybridized carbons (Fsp3) is 0.480. The fourth-order valence-corrected chi connectivity index (χ4v) is 3.85. The first-order valence-corrected chi connectivity index (χ1v) is 11.0. The summed E-state index contributed by atoms with van der Waals surface area (Å²) < 4.78 is 11.1. The summed E-state index contributed by atoms with van der Waals surface area (Å²) in [5.74, 6) is 1.90. The van der Waals surface area contributed by atoms with E-state index in [-0.39, 0.29) is 5.91 Å². The Morgan fingerprint density at radius 3 is 2.42 bits per heavy atom. The molecule has 0 unspecified atom stereocenters. The van der Waals surface area contributed by atoms with Gasteiger partial charge < -0.3 is 19.7 Å². The van der Waals surface area contributed by atoms with E-state index in [9.17, 15) is 4.79 Å². The van der Waals surface area contributed by atoms with Gasteiger partial charge in [0, 0.05) is 38.4 Å². The molecule has 31 heavy (non-hydrogen) atoms. The van der Waals surface area contributed by atoms with Gasteiger partial charge in [0.1, 0.15) is 11.5 Å². The maximum Gasteiger partial charge on any atom is 0.234 e. The number of methoxy groups -OCH3 is 1. The van der Waals surface area contributed by atoms with E-state index >= 15 is 0 Å². The molecule has 1 fully saturated rings. The van der Waals surface area contributed by atoms with E-state index in [4.69, 9.17) is 9.47 Å². The third-order valence-corrected chi connectivity index (χ3v) is 5.84. The maximum absolute atomic E-state index is 12.3. The van der Waals surface area contributed by atoms with Gasteiger partial charge in [-0.3, -0.25) is 9.69 Å². The summed E-state index contributed by atoms with van der Waals surface area (Å²) in [6.07, 6.45) is 0.795. The number of carbonyl (C=O) groups excluding carboxylic acids is 1. The molecule has 1 N–H and O–H groups in total. The van der Waals surface area contributed by atoms with Crippen molar-refractivity contribution in [2.75, 3.05) is 57.9 Å². The first kappa shape index (κ1) is 22.9. The van der Waals surface area contributed by atoms with Gasteiger partial charge in [-0.1, -0.05) is 6.07 Å². The molecule has 0 radical (unpaired) electrons. The predicted octanol–water partition coefficient (Wildman–Crippen LogP) is 3.33. The maximum atomic E-state index is 12.3. The molecule has 2 aromatic carbocycles. The number of nitrogens with one attached hydrogen (secondary N) is 1. The van der Waals surface area contributed by atoms with Crippen LogP contribution in [0.15, 0.2) is 36.4 Å². The molecule has 1 aliphatic rings. The molecule has 0 atom stereocenters. The lowest BCUT2D eigenvalue weighted by atomic mass is 10.1. The Kier molecular flexibility index (Phi) is 8.18. The largest absolute Gasteiger partial charge is 0.497 e. The van der Waals surface area contributed by atoms with E-state index in [2.05, 4.69) is 60.2 Å². The summed E-state index contributed by atoms with van der Waals surface area (Å²) >= 11 is 0. The highest BCUT2D eigenvalue weighted by Crippen LogP contribution is 2.23. The van der Waals surface area contributed by atoms with E-state index in [0.29, 0.717) is 19.7 Å². The average molecular weight is 426 g/mol. The van der Waals surface area contributed by atoms with Crippen molar-refractivity contribution in [3.8, 4) is 11.5 Å². The van der Waals surface area contributed by atoms with E-state index in [1.54, 1.807) is 7.11 Å². The number of benzene rings is 2. The first-order chi connectivity index (χ1) is 15.0. The molecule has 0 bridgehead atoms. The van der Waals surface area contributed by atoms with Crippen molar-refractivity contribution in [3.63, 3.8) is 0 Å². The lowest BCUT2D eigenvalue weighted by molar-refractivity contribution is -0.122. The second-order valence-electron chi connectivity index (χ2n) is 8.22. The Morgan fingerprint density at radius 1 is 1.03 bits per heavy atom. The van der Waals surface area contributed by atoms with E-state index in [1.165, 1.54) is 22.4 Å². The smallest absolute Gasteiger partial charge is 0.234 e. The van der Waals surface area contributed by atoms with Gasteiger partial charge in [0.15, 0.2) is 0 Å². The van der Waals surface area contributed by atoms with Crippen molar-refractivity contribution in [1.82, 2.24) is 10.2 Å². The number of amides is 1.